The molecule has 2 N–H and O–H groups in total. The van der Waals surface area contributed by atoms with Gasteiger partial charge in [0.1, 0.15) is 17.9 Å². The lowest BCUT2D eigenvalue weighted by atomic mass is 10.1. The molecule has 1 rings (SSSR count). The molecule has 80 valence electrons. The van der Waals surface area contributed by atoms with Crippen LogP contribution in [0.4, 0.5) is 8.78 Å². The predicted molar refractivity (Wildman–Crippen MR) is 50.1 cm³/mol. The first kappa shape index (κ1) is 11.4. The highest BCUT2D eigenvalue weighted by molar-refractivity contribution is 5.24. The van der Waals surface area contributed by atoms with E-state index >= 15 is 0 Å². The third kappa shape index (κ3) is 3.18. The molecule has 1 aromatic rings. The van der Waals surface area contributed by atoms with E-state index in [1.54, 1.807) is 0 Å². The molecule has 0 unspecified atom stereocenters. The lowest BCUT2D eigenvalue weighted by molar-refractivity contribution is 0.263. The molecule has 0 heterocycles. The Morgan fingerprint density at radius 3 is 2.67 bits per heavy atom. The van der Waals surface area contributed by atoms with Crippen molar-refractivity contribution < 1.29 is 13.5 Å². The Morgan fingerprint density at radius 2 is 2.13 bits per heavy atom. The average Bonchev–Trinajstić information content (AvgIpc) is 2.20. The van der Waals surface area contributed by atoms with Crippen molar-refractivity contribution >= 4 is 0 Å². The molecule has 0 radical (unpaired) electrons. The van der Waals surface area contributed by atoms with E-state index in [4.69, 9.17) is 15.7 Å². The predicted octanol–water partition coefficient (Wildman–Crippen LogP) is 1.58. The molecule has 1 atom stereocenters. The van der Waals surface area contributed by atoms with Gasteiger partial charge in [-0.1, -0.05) is 0 Å². The lowest BCUT2D eigenvalue weighted by Crippen LogP contribution is -2.40. The zero-order valence-corrected chi connectivity index (χ0v) is 8.13. The van der Waals surface area contributed by atoms with Gasteiger partial charge in [-0.25, -0.2) is 8.78 Å². The second-order valence-corrected chi connectivity index (χ2v) is 3.39. The van der Waals surface area contributed by atoms with Crippen molar-refractivity contribution in [2.24, 2.45) is 5.73 Å². The number of nitrogens with two attached hydrogens (primary N) is 1. The number of ether oxygens (including phenoxy) is 1. The highest BCUT2D eigenvalue weighted by atomic mass is 19.2. The summed E-state index contributed by atoms with van der Waals surface area (Å²) in [6, 6.07) is 4.95. The summed E-state index contributed by atoms with van der Waals surface area (Å²) in [5, 5.41) is 8.58. The fourth-order valence-electron chi connectivity index (χ4n) is 0.832. The molecule has 1 aromatic carbocycles. The number of rotatable bonds is 3. The molecule has 0 aliphatic rings. The van der Waals surface area contributed by atoms with Crippen LogP contribution >= 0.6 is 0 Å². The van der Waals surface area contributed by atoms with Crippen molar-refractivity contribution in [3.8, 4) is 11.8 Å². The van der Waals surface area contributed by atoms with Crippen LogP contribution in [0.5, 0.6) is 5.75 Å². The second kappa shape index (κ2) is 4.24. The molecule has 0 saturated heterocycles. The SMILES string of the molecule is C[C@](N)(C#N)COc1ccc(F)c(F)c1. The maximum absolute atomic E-state index is 12.7. The van der Waals surface area contributed by atoms with Crippen molar-refractivity contribution in [1.29, 1.82) is 5.26 Å². The number of nitriles is 1. The molecule has 0 aliphatic carbocycles. The smallest absolute Gasteiger partial charge is 0.162 e. The molecule has 0 bridgehead atoms. The quantitative estimate of drug-likeness (QED) is 0.827. The van der Waals surface area contributed by atoms with Gasteiger partial charge in [0, 0.05) is 6.07 Å². The van der Waals surface area contributed by atoms with Crippen molar-refractivity contribution in [2.45, 2.75) is 12.5 Å². The molecule has 0 aliphatic heterocycles. The van der Waals surface area contributed by atoms with Crippen LogP contribution in [-0.2, 0) is 0 Å². The highest BCUT2D eigenvalue weighted by Crippen LogP contribution is 2.16. The van der Waals surface area contributed by atoms with Gasteiger partial charge in [0.05, 0.1) is 6.07 Å². The Bertz CT molecular complexity index is 399. The Labute approximate surface area is 86.1 Å². The largest absolute Gasteiger partial charge is 0.490 e. The third-order valence-electron chi connectivity index (χ3n) is 1.69. The number of benzene rings is 1. The number of hydrogen-bond acceptors (Lipinski definition) is 3. The minimum Gasteiger partial charge on any atom is -0.490 e. The first-order valence-corrected chi connectivity index (χ1v) is 4.22. The van der Waals surface area contributed by atoms with Crippen LogP contribution < -0.4 is 10.5 Å². The maximum Gasteiger partial charge on any atom is 0.162 e. The zero-order valence-electron chi connectivity index (χ0n) is 8.13. The van der Waals surface area contributed by atoms with Crippen molar-refractivity contribution in [3.05, 3.63) is 29.8 Å². The monoisotopic (exact) mass is 212 g/mol. The van der Waals surface area contributed by atoms with Gasteiger partial charge < -0.3 is 10.5 Å². The summed E-state index contributed by atoms with van der Waals surface area (Å²) >= 11 is 0. The van der Waals surface area contributed by atoms with Gasteiger partial charge in [0.25, 0.3) is 0 Å². The fraction of sp³-hybridized carbons (Fsp3) is 0.300. The topological polar surface area (TPSA) is 59.0 Å². The average molecular weight is 212 g/mol. The Hall–Kier alpha value is -1.67. The van der Waals surface area contributed by atoms with Crippen molar-refractivity contribution in [1.82, 2.24) is 0 Å². The molecule has 0 amide bonds. The van der Waals surface area contributed by atoms with E-state index < -0.39 is 17.2 Å². The second-order valence-electron chi connectivity index (χ2n) is 3.39. The van der Waals surface area contributed by atoms with E-state index in [2.05, 4.69) is 0 Å². The summed E-state index contributed by atoms with van der Waals surface area (Å²) in [6.07, 6.45) is 0. The van der Waals surface area contributed by atoms with Gasteiger partial charge in [0.15, 0.2) is 11.6 Å². The minimum atomic E-state index is -1.15. The third-order valence-corrected chi connectivity index (χ3v) is 1.69. The van der Waals surface area contributed by atoms with Crippen LogP contribution in [0.15, 0.2) is 18.2 Å². The van der Waals surface area contributed by atoms with Crippen molar-refractivity contribution in [2.75, 3.05) is 6.61 Å². The molecule has 0 spiro atoms. The van der Waals surface area contributed by atoms with Gasteiger partial charge in [0.2, 0.25) is 0 Å². The lowest BCUT2D eigenvalue weighted by Gasteiger charge is -2.16. The molecule has 5 heteroatoms. The first-order valence-electron chi connectivity index (χ1n) is 4.22. The summed E-state index contributed by atoms with van der Waals surface area (Å²) in [5.74, 6) is -1.80. The van der Waals surface area contributed by atoms with Crippen LogP contribution in [0.1, 0.15) is 6.92 Å². The molecule has 15 heavy (non-hydrogen) atoms. The van der Waals surface area contributed by atoms with E-state index in [0.717, 1.165) is 12.1 Å². The van der Waals surface area contributed by atoms with Crippen LogP contribution in [0.3, 0.4) is 0 Å². The van der Waals surface area contributed by atoms with Gasteiger partial charge in [-0.05, 0) is 19.1 Å². The minimum absolute atomic E-state index is 0.0887. The Balaban J connectivity index is 2.67. The molecule has 3 nitrogen and oxygen atoms in total. The maximum atomic E-state index is 12.7. The van der Waals surface area contributed by atoms with Gasteiger partial charge in [-0.2, -0.15) is 5.26 Å². The van der Waals surface area contributed by atoms with Crippen molar-refractivity contribution in [3.63, 3.8) is 0 Å². The van der Waals surface area contributed by atoms with Crippen LogP contribution in [0, 0.1) is 23.0 Å². The standard InChI is InChI=1S/C10H10F2N2O/c1-10(14,5-13)6-15-7-2-3-8(11)9(12)4-7/h2-4H,6,14H2,1H3/t10-/m0/s1. The summed E-state index contributed by atoms with van der Waals surface area (Å²) in [7, 11) is 0. The van der Waals surface area contributed by atoms with E-state index in [1.165, 1.54) is 13.0 Å². The van der Waals surface area contributed by atoms with Crippen LogP contribution in [0.2, 0.25) is 0 Å². The molecule has 0 aromatic heterocycles. The Kier molecular flexibility index (Phi) is 3.22. The molecule has 0 saturated carbocycles. The summed E-state index contributed by atoms with van der Waals surface area (Å²) in [6.45, 7) is 1.39. The normalized spacial score (nSPS) is 14.1. The number of hydrogen-bond donors (Lipinski definition) is 1. The van der Waals surface area contributed by atoms with E-state index in [9.17, 15) is 8.78 Å². The van der Waals surface area contributed by atoms with Gasteiger partial charge in [-0.3, -0.25) is 0 Å². The number of nitrogens with zero attached hydrogens (tertiary/aromatic N) is 1. The van der Waals surface area contributed by atoms with Crippen LogP contribution in [-0.4, -0.2) is 12.1 Å². The Morgan fingerprint density at radius 1 is 1.47 bits per heavy atom. The molecular formula is C10H10F2N2O. The van der Waals surface area contributed by atoms with Gasteiger partial charge >= 0.3 is 0 Å². The summed E-state index contributed by atoms with van der Waals surface area (Å²) in [4.78, 5) is 0. The van der Waals surface area contributed by atoms with E-state index in [0.29, 0.717) is 0 Å². The summed E-state index contributed by atoms with van der Waals surface area (Å²) < 4.78 is 30.3. The molecule has 0 fully saturated rings. The molecular weight excluding hydrogens is 202 g/mol. The van der Waals surface area contributed by atoms with E-state index in [-0.39, 0.29) is 12.4 Å². The summed E-state index contributed by atoms with van der Waals surface area (Å²) in [5.41, 5.74) is 4.33. The van der Waals surface area contributed by atoms with E-state index in [1.807, 2.05) is 6.07 Å². The fourth-order valence-corrected chi connectivity index (χ4v) is 0.832. The zero-order chi connectivity index (χ0) is 11.5. The van der Waals surface area contributed by atoms with Crippen LogP contribution in [0.25, 0.3) is 0 Å². The highest BCUT2D eigenvalue weighted by Gasteiger charge is 2.18. The first-order chi connectivity index (χ1) is 6.94. The van der Waals surface area contributed by atoms with Gasteiger partial charge in [-0.15, -0.1) is 0 Å². The number of halogens is 2.